The number of benzene rings is 2. The molecule has 1 amide bonds. The van der Waals surface area contributed by atoms with E-state index in [0.717, 1.165) is 21.7 Å². The van der Waals surface area contributed by atoms with Crippen molar-refractivity contribution >= 4 is 28.3 Å². The first-order valence-electron chi connectivity index (χ1n) is 8.09. The molecule has 0 aliphatic carbocycles. The van der Waals surface area contributed by atoms with Crippen LogP contribution in [0.2, 0.25) is 0 Å². The van der Waals surface area contributed by atoms with Crippen LogP contribution in [0.5, 0.6) is 0 Å². The summed E-state index contributed by atoms with van der Waals surface area (Å²) in [5.74, 6) is -0.945. The molecule has 3 aromatic rings. The summed E-state index contributed by atoms with van der Waals surface area (Å²) in [5, 5.41) is 3.16. The molecule has 5 nitrogen and oxygen atoms in total. The molecule has 2 aromatic carbocycles. The smallest absolute Gasteiger partial charge is 0.338 e. The van der Waals surface area contributed by atoms with Crippen LogP contribution >= 0.6 is 11.3 Å². The third-order valence-electron chi connectivity index (χ3n) is 3.71. The number of carbonyl (C=O) groups excluding carboxylic acids is 2. The predicted octanol–water partition coefficient (Wildman–Crippen LogP) is 4.22. The molecule has 0 fully saturated rings. The lowest BCUT2D eigenvalue weighted by Crippen LogP contribution is -2.20. The van der Waals surface area contributed by atoms with Crippen LogP contribution in [0.15, 0.2) is 54.6 Å². The van der Waals surface area contributed by atoms with Crippen LogP contribution in [-0.2, 0) is 9.53 Å². The van der Waals surface area contributed by atoms with Gasteiger partial charge in [-0.25, -0.2) is 9.78 Å². The molecule has 1 heterocycles. The first kappa shape index (κ1) is 17.8. The quantitative estimate of drug-likeness (QED) is 0.687. The summed E-state index contributed by atoms with van der Waals surface area (Å²) >= 11 is 1.39. The third kappa shape index (κ3) is 4.34. The molecule has 26 heavy (non-hydrogen) atoms. The summed E-state index contributed by atoms with van der Waals surface area (Å²) in [5.41, 5.74) is 3.29. The number of nitrogens with zero attached hydrogens (tertiary/aromatic N) is 1. The summed E-state index contributed by atoms with van der Waals surface area (Å²) in [6.45, 7) is 3.53. The molecule has 0 aliphatic rings. The van der Waals surface area contributed by atoms with Crippen LogP contribution in [0.3, 0.4) is 0 Å². The molecule has 0 saturated heterocycles. The number of anilines is 1. The lowest BCUT2D eigenvalue weighted by molar-refractivity contribution is -0.119. The zero-order valence-electron chi connectivity index (χ0n) is 14.5. The van der Waals surface area contributed by atoms with Gasteiger partial charge in [0.25, 0.3) is 5.91 Å². The summed E-state index contributed by atoms with van der Waals surface area (Å²) in [6.07, 6.45) is 0. The Kier molecular flexibility index (Phi) is 5.43. The lowest BCUT2D eigenvalue weighted by Gasteiger charge is -2.05. The van der Waals surface area contributed by atoms with Crippen molar-refractivity contribution < 1.29 is 14.3 Å². The highest BCUT2D eigenvalue weighted by atomic mass is 32.1. The van der Waals surface area contributed by atoms with E-state index in [9.17, 15) is 9.59 Å². The number of hydrogen-bond donors (Lipinski definition) is 1. The number of aromatic nitrogens is 1. The fourth-order valence-electron chi connectivity index (χ4n) is 2.37. The van der Waals surface area contributed by atoms with Gasteiger partial charge < -0.3 is 4.74 Å². The van der Waals surface area contributed by atoms with Gasteiger partial charge >= 0.3 is 5.97 Å². The Hall–Kier alpha value is -2.99. The van der Waals surface area contributed by atoms with E-state index in [1.165, 1.54) is 11.3 Å². The van der Waals surface area contributed by atoms with Crippen molar-refractivity contribution in [2.75, 3.05) is 11.9 Å². The number of aryl methyl sites for hydroxylation is 2. The van der Waals surface area contributed by atoms with Crippen LogP contribution in [0, 0.1) is 13.8 Å². The van der Waals surface area contributed by atoms with Crippen LogP contribution < -0.4 is 5.32 Å². The highest BCUT2D eigenvalue weighted by Gasteiger charge is 2.14. The maximum atomic E-state index is 12.0. The number of esters is 1. The van der Waals surface area contributed by atoms with Crippen LogP contribution in [-0.4, -0.2) is 23.5 Å². The van der Waals surface area contributed by atoms with Crippen molar-refractivity contribution in [2.24, 2.45) is 0 Å². The van der Waals surface area contributed by atoms with Gasteiger partial charge in [-0.1, -0.05) is 48.0 Å². The maximum Gasteiger partial charge on any atom is 0.338 e. The van der Waals surface area contributed by atoms with Gasteiger partial charge in [0.1, 0.15) is 0 Å². The van der Waals surface area contributed by atoms with Gasteiger partial charge in [-0.05, 0) is 26.0 Å². The van der Waals surface area contributed by atoms with Gasteiger partial charge in [0.15, 0.2) is 11.7 Å². The number of nitrogens with one attached hydrogen (secondary N) is 1. The van der Waals surface area contributed by atoms with Crippen molar-refractivity contribution in [3.05, 3.63) is 70.6 Å². The Morgan fingerprint density at radius 1 is 1.04 bits per heavy atom. The van der Waals surface area contributed by atoms with E-state index in [-0.39, 0.29) is 6.61 Å². The Labute approximate surface area is 155 Å². The molecular weight excluding hydrogens is 348 g/mol. The zero-order valence-corrected chi connectivity index (χ0v) is 15.3. The van der Waals surface area contributed by atoms with Crippen molar-refractivity contribution in [3.8, 4) is 11.3 Å². The third-order valence-corrected chi connectivity index (χ3v) is 4.60. The van der Waals surface area contributed by atoms with Crippen LogP contribution in [0.1, 0.15) is 20.8 Å². The molecule has 1 N–H and O–H groups in total. The average Bonchev–Trinajstić information content (AvgIpc) is 3.01. The number of hydrogen-bond acceptors (Lipinski definition) is 5. The van der Waals surface area contributed by atoms with Crippen molar-refractivity contribution in [1.82, 2.24) is 4.98 Å². The molecule has 0 saturated carbocycles. The molecule has 132 valence electrons. The second-order valence-electron chi connectivity index (χ2n) is 5.78. The zero-order chi connectivity index (χ0) is 18.5. The molecule has 0 atom stereocenters. The molecule has 0 bridgehead atoms. The molecule has 0 unspecified atom stereocenters. The minimum atomic E-state index is -0.527. The SMILES string of the molecule is Cc1ccc(C(=O)OCC(=O)Nc2nc(-c3ccccc3)c(C)s2)cc1. The Morgan fingerprint density at radius 3 is 2.42 bits per heavy atom. The van der Waals surface area contributed by atoms with Gasteiger partial charge in [0.05, 0.1) is 11.3 Å². The second-order valence-corrected chi connectivity index (χ2v) is 6.98. The highest BCUT2D eigenvalue weighted by Crippen LogP contribution is 2.30. The standard InChI is InChI=1S/C20H18N2O3S/c1-13-8-10-16(11-9-13)19(24)25-12-17(23)21-20-22-18(14(2)26-20)15-6-4-3-5-7-15/h3-11H,12H2,1-2H3,(H,21,22,23). The highest BCUT2D eigenvalue weighted by molar-refractivity contribution is 7.16. The minimum absolute atomic E-state index is 0.355. The normalized spacial score (nSPS) is 10.4. The van der Waals surface area contributed by atoms with Gasteiger partial charge in [0, 0.05) is 10.4 Å². The van der Waals surface area contributed by atoms with E-state index in [2.05, 4.69) is 10.3 Å². The minimum Gasteiger partial charge on any atom is -0.452 e. The van der Waals surface area contributed by atoms with Gasteiger partial charge in [0.2, 0.25) is 0 Å². The molecule has 3 rings (SSSR count). The van der Waals surface area contributed by atoms with E-state index in [4.69, 9.17) is 4.74 Å². The van der Waals surface area contributed by atoms with Gasteiger partial charge in [-0.2, -0.15) is 0 Å². The van der Waals surface area contributed by atoms with E-state index in [0.29, 0.717) is 10.7 Å². The first-order chi connectivity index (χ1) is 12.5. The van der Waals surface area contributed by atoms with E-state index in [1.54, 1.807) is 12.1 Å². The summed E-state index contributed by atoms with van der Waals surface area (Å²) in [6, 6.07) is 16.7. The molecule has 0 radical (unpaired) electrons. The average molecular weight is 366 g/mol. The van der Waals surface area contributed by atoms with Crippen molar-refractivity contribution in [2.45, 2.75) is 13.8 Å². The number of rotatable bonds is 5. The number of carbonyl (C=O) groups is 2. The summed E-state index contributed by atoms with van der Waals surface area (Å²) in [7, 11) is 0. The Bertz CT molecular complexity index is 918. The van der Waals surface area contributed by atoms with Gasteiger partial charge in [-0.3, -0.25) is 10.1 Å². The summed E-state index contributed by atoms with van der Waals surface area (Å²) in [4.78, 5) is 29.4. The monoisotopic (exact) mass is 366 g/mol. The Morgan fingerprint density at radius 2 is 1.73 bits per heavy atom. The van der Waals surface area contributed by atoms with Crippen molar-refractivity contribution in [1.29, 1.82) is 0 Å². The molecule has 0 aliphatic heterocycles. The molecule has 0 spiro atoms. The first-order valence-corrected chi connectivity index (χ1v) is 8.91. The Balaban J connectivity index is 1.58. The fourth-order valence-corrected chi connectivity index (χ4v) is 3.23. The fraction of sp³-hybridized carbons (Fsp3) is 0.150. The van der Waals surface area contributed by atoms with Crippen LogP contribution in [0.25, 0.3) is 11.3 Å². The van der Waals surface area contributed by atoms with E-state index in [1.807, 2.05) is 56.3 Å². The maximum absolute atomic E-state index is 12.0. The van der Waals surface area contributed by atoms with Crippen molar-refractivity contribution in [3.63, 3.8) is 0 Å². The van der Waals surface area contributed by atoms with Crippen LogP contribution in [0.4, 0.5) is 5.13 Å². The van der Waals surface area contributed by atoms with Gasteiger partial charge in [-0.15, -0.1) is 11.3 Å². The largest absolute Gasteiger partial charge is 0.452 e. The topological polar surface area (TPSA) is 68.3 Å². The lowest BCUT2D eigenvalue weighted by atomic mass is 10.1. The summed E-state index contributed by atoms with van der Waals surface area (Å²) < 4.78 is 5.05. The van der Waals surface area contributed by atoms with E-state index >= 15 is 0 Å². The predicted molar refractivity (Wildman–Crippen MR) is 102 cm³/mol. The molecular formula is C20H18N2O3S. The van der Waals surface area contributed by atoms with E-state index < -0.39 is 11.9 Å². The molecule has 1 aromatic heterocycles. The number of amides is 1. The molecule has 6 heteroatoms. The second kappa shape index (κ2) is 7.93. The number of ether oxygens (including phenoxy) is 1. The number of thiazole rings is 1.